The zero-order chi connectivity index (χ0) is 13.1. The molecule has 0 bridgehead atoms. The first-order valence-electron chi connectivity index (χ1n) is 5.03. The number of H-pyrrole nitrogens is 1. The van der Waals surface area contributed by atoms with E-state index in [1.807, 2.05) is 0 Å². The quantitative estimate of drug-likeness (QED) is 0.803. The summed E-state index contributed by atoms with van der Waals surface area (Å²) in [6, 6.07) is 0. The minimum Gasteiger partial charge on any atom is -0.461 e. The van der Waals surface area contributed by atoms with E-state index < -0.39 is 5.97 Å². The fourth-order valence-corrected chi connectivity index (χ4v) is 1.81. The first-order chi connectivity index (χ1) is 8.61. The number of ether oxygens (including phenoxy) is 1. The number of esters is 1. The molecule has 2 aromatic heterocycles. The van der Waals surface area contributed by atoms with Crippen molar-refractivity contribution >= 4 is 17.7 Å². The smallest absolute Gasteiger partial charge is 0.360 e. The lowest BCUT2D eigenvalue weighted by atomic mass is 10.5. The predicted octanol–water partition coefficient (Wildman–Crippen LogP) is 0.424. The Bertz CT molecular complexity index is 614. The maximum atomic E-state index is 11.4. The van der Waals surface area contributed by atoms with Gasteiger partial charge in [0.1, 0.15) is 6.26 Å². The third-order valence-corrected chi connectivity index (χ3v) is 2.89. The van der Waals surface area contributed by atoms with Gasteiger partial charge < -0.3 is 9.15 Å². The van der Waals surface area contributed by atoms with Crippen LogP contribution in [0.25, 0.3) is 0 Å². The normalized spacial score (nSPS) is 10.6. The van der Waals surface area contributed by atoms with E-state index in [1.54, 1.807) is 14.0 Å². The Kier molecular flexibility index (Phi) is 3.51. The van der Waals surface area contributed by atoms with Crippen molar-refractivity contribution in [2.45, 2.75) is 17.3 Å². The average Bonchev–Trinajstić information content (AvgIpc) is 2.92. The molecule has 1 N–H and O–H groups in total. The molecule has 0 aliphatic heterocycles. The van der Waals surface area contributed by atoms with Crippen LogP contribution in [0.15, 0.2) is 25.9 Å². The summed E-state index contributed by atoms with van der Waals surface area (Å²) >= 11 is 1.03. The number of aromatic amines is 1. The lowest BCUT2D eigenvalue weighted by Crippen LogP contribution is -2.12. The van der Waals surface area contributed by atoms with Gasteiger partial charge >= 0.3 is 11.7 Å². The molecular formula is C9H10N4O4S. The molecule has 0 spiro atoms. The number of nitrogens with zero attached hydrogens (tertiary/aromatic N) is 3. The van der Waals surface area contributed by atoms with Crippen LogP contribution in [0.2, 0.25) is 0 Å². The summed E-state index contributed by atoms with van der Waals surface area (Å²) < 4.78 is 11.2. The highest BCUT2D eigenvalue weighted by atomic mass is 32.2. The van der Waals surface area contributed by atoms with E-state index in [9.17, 15) is 9.59 Å². The van der Waals surface area contributed by atoms with Crippen LogP contribution in [0.5, 0.6) is 0 Å². The SMILES string of the molecule is CCOC(=O)c1coc(Sc2n[nH]c(=O)n2C)n1. The van der Waals surface area contributed by atoms with E-state index in [2.05, 4.69) is 15.2 Å². The van der Waals surface area contributed by atoms with Gasteiger partial charge in [-0.15, -0.1) is 5.10 Å². The van der Waals surface area contributed by atoms with Crippen molar-refractivity contribution in [3.05, 3.63) is 22.4 Å². The first-order valence-corrected chi connectivity index (χ1v) is 5.85. The van der Waals surface area contributed by atoms with Crippen molar-refractivity contribution in [2.75, 3.05) is 6.61 Å². The number of hydrogen-bond donors (Lipinski definition) is 1. The second-order valence-electron chi connectivity index (χ2n) is 3.19. The second-order valence-corrected chi connectivity index (χ2v) is 4.11. The van der Waals surface area contributed by atoms with Gasteiger partial charge in [-0.1, -0.05) is 0 Å². The Balaban J connectivity index is 2.14. The largest absolute Gasteiger partial charge is 0.461 e. The van der Waals surface area contributed by atoms with E-state index >= 15 is 0 Å². The molecular weight excluding hydrogens is 260 g/mol. The number of rotatable bonds is 4. The fourth-order valence-electron chi connectivity index (χ4n) is 1.10. The van der Waals surface area contributed by atoms with Gasteiger partial charge in [0.25, 0.3) is 5.22 Å². The topological polar surface area (TPSA) is 103 Å². The highest BCUT2D eigenvalue weighted by Gasteiger charge is 2.16. The van der Waals surface area contributed by atoms with Gasteiger partial charge in [-0.2, -0.15) is 4.98 Å². The molecule has 8 nitrogen and oxygen atoms in total. The highest BCUT2D eigenvalue weighted by molar-refractivity contribution is 7.98. The van der Waals surface area contributed by atoms with Crippen molar-refractivity contribution in [2.24, 2.45) is 7.05 Å². The van der Waals surface area contributed by atoms with E-state index in [0.717, 1.165) is 11.8 Å². The van der Waals surface area contributed by atoms with Crippen LogP contribution < -0.4 is 5.69 Å². The maximum Gasteiger partial charge on any atom is 0.360 e. The van der Waals surface area contributed by atoms with Crippen LogP contribution in [-0.2, 0) is 11.8 Å². The lowest BCUT2D eigenvalue weighted by Gasteiger charge is -1.95. The summed E-state index contributed by atoms with van der Waals surface area (Å²) in [7, 11) is 1.56. The van der Waals surface area contributed by atoms with Crippen molar-refractivity contribution in [1.29, 1.82) is 0 Å². The number of oxazole rings is 1. The van der Waals surface area contributed by atoms with E-state index in [-0.39, 0.29) is 23.2 Å². The molecule has 18 heavy (non-hydrogen) atoms. The minimum absolute atomic E-state index is 0.0832. The van der Waals surface area contributed by atoms with Gasteiger partial charge in [0, 0.05) is 18.8 Å². The average molecular weight is 270 g/mol. The summed E-state index contributed by atoms with van der Waals surface area (Å²) in [5, 5.41) is 6.65. The molecule has 0 aromatic carbocycles. The summed E-state index contributed by atoms with van der Waals surface area (Å²) in [4.78, 5) is 26.4. The Morgan fingerprint density at radius 2 is 2.44 bits per heavy atom. The van der Waals surface area contributed by atoms with Gasteiger partial charge in [0.15, 0.2) is 5.69 Å². The Morgan fingerprint density at radius 1 is 1.67 bits per heavy atom. The van der Waals surface area contributed by atoms with Gasteiger partial charge in [0.05, 0.1) is 6.61 Å². The van der Waals surface area contributed by atoms with E-state index in [1.165, 1.54) is 10.8 Å². The minimum atomic E-state index is -0.552. The van der Waals surface area contributed by atoms with Gasteiger partial charge in [-0.25, -0.2) is 14.7 Å². The molecule has 0 unspecified atom stereocenters. The zero-order valence-electron chi connectivity index (χ0n) is 9.67. The number of nitrogens with one attached hydrogen (secondary N) is 1. The summed E-state index contributed by atoms with van der Waals surface area (Å²) in [5.41, 5.74) is -0.255. The molecule has 0 fully saturated rings. The van der Waals surface area contributed by atoms with Crippen LogP contribution in [0, 0.1) is 0 Å². The third kappa shape index (κ3) is 2.45. The first kappa shape index (κ1) is 12.4. The van der Waals surface area contributed by atoms with Crippen LogP contribution in [0.1, 0.15) is 17.4 Å². The monoisotopic (exact) mass is 270 g/mol. The molecule has 0 atom stereocenters. The molecule has 0 saturated carbocycles. The molecule has 9 heteroatoms. The number of carbonyl (C=O) groups excluding carboxylic acids is 1. The van der Waals surface area contributed by atoms with Crippen LogP contribution in [0.4, 0.5) is 0 Å². The summed E-state index contributed by atoms with van der Waals surface area (Å²) in [6.45, 7) is 1.97. The molecule has 2 heterocycles. The van der Waals surface area contributed by atoms with E-state index in [0.29, 0.717) is 5.16 Å². The van der Waals surface area contributed by atoms with E-state index in [4.69, 9.17) is 9.15 Å². The standard InChI is InChI=1S/C9H10N4O4S/c1-3-16-6(14)5-4-17-9(10-5)18-8-12-11-7(15)13(8)2/h4H,3H2,1-2H3,(H,11,15). The van der Waals surface area contributed by atoms with Crippen molar-refractivity contribution < 1.29 is 13.9 Å². The van der Waals surface area contributed by atoms with Gasteiger partial charge in [-0.3, -0.25) is 4.57 Å². The molecule has 2 aromatic rings. The number of aromatic nitrogens is 4. The Hall–Kier alpha value is -2.03. The van der Waals surface area contributed by atoms with Gasteiger partial charge in [-0.05, 0) is 6.92 Å². The predicted molar refractivity (Wildman–Crippen MR) is 60.4 cm³/mol. The lowest BCUT2D eigenvalue weighted by molar-refractivity contribution is 0.0519. The molecule has 0 aliphatic carbocycles. The maximum absolute atomic E-state index is 11.4. The van der Waals surface area contributed by atoms with Gasteiger partial charge in [0.2, 0.25) is 5.16 Å². The summed E-state index contributed by atoms with van der Waals surface area (Å²) in [5.74, 6) is -0.552. The summed E-state index contributed by atoms with van der Waals surface area (Å²) in [6.07, 6.45) is 1.20. The number of hydrogen-bond acceptors (Lipinski definition) is 7. The van der Waals surface area contributed by atoms with Crippen molar-refractivity contribution in [3.8, 4) is 0 Å². The fraction of sp³-hybridized carbons (Fsp3) is 0.333. The molecule has 2 rings (SSSR count). The molecule has 0 amide bonds. The molecule has 0 radical (unpaired) electrons. The van der Waals surface area contributed by atoms with Crippen molar-refractivity contribution in [3.63, 3.8) is 0 Å². The van der Waals surface area contributed by atoms with Crippen LogP contribution >= 0.6 is 11.8 Å². The molecule has 0 saturated heterocycles. The van der Waals surface area contributed by atoms with Crippen molar-refractivity contribution in [1.82, 2.24) is 19.7 Å². The zero-order valence-corrected chi connectivity index (χ0v) is 10.5. The molecule has 96 valence electrons. The number of carbonyl (C=O) groups is 1. The Labute approximate surface area is 105 Å². The second kappa shape index (κ2) is 5.08. The Morgan fingerprint density at radius 3 is 3.06 bits per heavy atom. The molecule has 0 aliphatic rings. The third-order valence-electron chi connectivity index (χ3n) is 1.99. The highest BCUT2D eigenvalue weighted by Crippen LogP contribution is 2.23. The van der Waals surface area contributed by atoms with Crippen LogP contribution in [0.3, 0.4) is 0 Å². The van der Waals surface area contributed by atoms with Crippen LogP contribution in [-0.4, -0.2) is 32.3 Å².